The summed E-state index contributed by atoms with van der Waals surface area (Å²) in [6.45, 7) is 0. The Morgan fingerprint density at radius 2 is 1.39 bits per heavy atom. The SMILES string of the molecule is O=S(=O)(N[C@@H]1CC[C@@H]1NC1CCCCCCC1)c1ccccc1. The molecule has 0 saturated heterocycles. The number of hydrogen-bond donors (Lipinski definition) is 2. The van der Waals surface area contributed by atoms with Gasteiger partial charge in [0.05, 0.1) is 4.90 Å². The second-order valence-electron chi connectivity index (χ2n) is 6.93. The fourth-order valence-electron chi connectivity index (χ4n) is 3.63. The highest BCUT2D eigenvalue weighted by Gasteiger charge is 2.35. The van der Waals surface area contributed by atoms with Crippen LogP contribution in [0.4, 0.5) is 0 Å². The van der Waals surface area contributed by atoms with Gasteiger partial charge in [-0.05, 0) is 37.8 Å². The molecule has 23 heavy (non-hydrogen) atoms. The molecule has 0 heterocycles. The zero-order valence-electron chi connectivity index (χ0n) is 13.7. The van der Waals surface area contributed by atoms with Crippen molar-refractivity contribution < 1.29 is 8.42 Å². The highest BCUT2D eigenvalue weighted by molar-refractivity contribution is 7.89. The molecule has 0 unspecified atom stereocenters. The van der Waals surface area contributed by atoms with E-state index in [0.717, 1.165) is 12.8 Å². The van der Waals surface area contributed by atoms with Crippen molar-refractivity contribution in [3.63, 3.8) is 0 Å². The molecular weight excluding hydrogens is 308 g/mol. The first kappa shape index (κ1) is 16.9. The number of hydrogen-bond acceptors (Lipinski definition) is 3. The molecule has 2 saturated carbocycles. The molecule has 2 fully saturated rings. The number of rotatable bonds is 5. The lowest BCUT2D eigenvalue weighted by Gasteiger charge is -2.40. The van der Waals surface area contributed by atoms with E-state index in [9.17, 15) is 8.42 Å². The van der Waals surface area contributed by atoms with Crippen LogP contribution in [-0.4, -0.2) is 26.5 Å². The van der Waals surface area contributed by atoms with Crippen LogP contribution in [-0.2, 0) is 10.0 Å². The maximum Gasteiger partial charge on any atom is 0.240 e. The summed E-state index contributed by atoms with van der Waals surface area (Å²) in [6, 6.07) is 9.55. The van der Waals surface area contributed by atoms with E-state index >= 15 is 0 Å². The third-order valence-electron chi connectivity index (χ3n) is 5.19. The second kappa shape index (κ2) is 7.77. The molecule has 128 valence electrons. The normalized spacial score (nSPS) is 27.0. The second-order valence-corrected chi connectivity index (χ2v) is 8.65. The van der Waals surface area contributed by atoms with E-state index in [2.05, 4.69) is 10.0 Å². The monoisotopic (exact) mass is 336 g/mol. The molecule has 3 rings (SSSR count). The summed E-state index contributed by atoms with van der Waals surface area (Å²) in [5, 5.41) is 3.72. The van der Waals surface area contributed by atoms with Crippen molar-refractivity contribution in [1.29, 1.82) is 0 Å². The number of benzene rings is 1. The summed E-state index contributed by atoms with van der Waals surface area (Å²) >= 11 is 0. The highest BCUT2D eigenvalue weighted by Crippen LogP contribution is 2.25. The van der Waals surface area contributed by atoms with Crippen LogP contribution in [0.1, 0.15) is 57.8 Å². The van der Waals surface area contributed by atoms with Crippen molar-refractivity contribution in [3.8, 4) is 0 Å². The van der Waals surface area contributed by atoms with Crippen molar-refractivity contribution >= 4 is 10.0 Å². The molecule has 2 aliphatic rings. The maximum atomic E-state index is 12.4. The first-order valence-corrected chi connectivity index (χ1v) is 10.5. The molecule has 2 aliphatic carbocycles. The van der Waals surface area contributed by atoms with Gasteiger partial charge in [-0.3, -0.25) is 0 Å². The van der Waals surface area contributed by atoms with Crippen LogP contribution in [0.25, 0.3) is 0 Å². The van der Waals surface area contributed by atoms with Crippen LogP contribution in [0, 0.1) is 0 Å². The van der Waals surface area contributed by atoms with Gasteiger partial charge in [0.25, 0.3) is 0 Å². The molecule has 0 aromatic heterocycles. The Morgan fingerprint density at radius 1 is 0.783 bits per heavy atom. The summed E-state index contributed by atoms with van der Waals surface area (Å²) < 4.78 is 27.8. The predicted molar refractivity (Wildman–Crippen MR) is 92.8 cm³/mol. The molecule has 0 radical (unpaired) electrons. The van der Waals surface area contributed by atoms with Crippen molar-refractivity contribution in [1.82, 2.24) is 10.0 Å². The van der Waals surface area contributed by atoms with Gasteiger partial charge >= 0.3 is 0 Å². The van der Waals surface area contributed by atoms with Crippen molar-refractivity contribution in [2.45, 2.75) is 80.8 Å². The average Bonchev–Trinajstić information content (AvgIpc) is 2.51. The van der Waals surface area contributed by atoms with E-state index in [1.807, 2.05) is 6.07 Å². The summed E-state index contributed by atoms with van der Waals surface area (Å²) in [6.07, 6.45) is 11.1. The molecule has 1 aromatic rings. The lowest BCUT2D eigenvalue weighted by molar-refractivity contribution is 0.227. The van der Waals surface area contributed by atoms with Gasteiger partial charge in [-0.15, -0.1) is 0 Å². The quantitative estimate of drug-likeness (QED) is 0.868. The van der Waals surface area contributed by atoms with E-state index in [0.29, 0.717) is 10.9 Å². The Bertz CT molecular complexity index is 580. The van der Waals surface area contributed by atoms with Gasteiger partial charge in [-0.1, -0.05) is 50.3 Å². The molecule has 0 amide bonds. The molecule has 4 nitrogen and oxygen atoms in total. The Morgan fingerprint density at radius 3 is 2.00 bits per heavy atom. The van der Waals surface area contributed by atoms with Gasteiger partial charge in [0.15, 0.2) is 0 Å². The fraction of sp³-hybridized carbons (Fsp3) is 0.667. The molecule has 0 bridgehead atoms. The van der Waals surface area contributed by atoms with Gasteiger partial charge < -0.3 is 5.32 Å². The standard InChI is InChI=1S/C18H28N2O2S/c21-23(22,16-11-7-4-8-12-16)20-18-14-13-17(18)19-15-9-5-2-1-3-6-10-15/h4,7-8,11-12,15,17-20H,1-3,5-6,9-10,13-14H2/t17-,18+/m0/s1. The van der Waals surface area contributed by atoms with Crippen molar-refractivity contribution in [2.24, 2.45) is 0 Å². The topological polar surface area (TPSA) is 58.2 Å². The molecule has 0 spiro atoms. The predicted octanol–water partition coefficient (Wildman–Crippen LogP) is 3.20. The minimum atomic E-state index is -3.40. The Hall–Kier alpha value is -0.910. The number of nitrogens with one attached hydrogen (secondary N) is 2. The smallest absolute Gasteiger partial charge is 0.240 e. The average molecular weight is 337 g/mol. The van der Waals surface area contributed by atoms with E-state index in [1.165, 1.54) is 44.9 Å². The summed E-state index contributed by atoms with van der Waals surface area (Å²) in [5.41, 5.74) is 0. The zero-order valence-corrected chi connectivity index (χ0v) is 14.5. The first-order chi connectivity index (χ1) is 11.1. The van der Waals surface area contributed by atoms with Crippen LogP contribution < -0.4 is 10.0 Å². The molecule has 0 aliphatic heterocycles. The largest absolute Gasteiger partial charge is 0.310 e. The number of sulfonamides is 1. The van der Waals surface area contributed by atoms with Gasteiger partial charge in [0, 0.05) is 18.1 Å². The Labute approximate surface area is 140 Å². The van der Waals surface area contributed by atoms with Crippen LogP contribution in [0.15, 0.2) is 35.2 Å². The molecule has 5 heteroatoms. The lowest BCUT2D eigenvalue weighted by atomic mass is 9.85. The Balaban J connectivity index is 1.55. The molecule has 1 aromatic carbocycles. The van der Waals surface area contributed by atoms with Gasteiger partial charge in [-0.2, -0.15) is 0 Å². The maximum absolute atomic E-state index is 12.4. The Kier molecular flexibility index (Phi) is 5.72. The van der Waals surface area contributed by atoms with Crippen LogP contribution in [0.5, 0.6) is 0 Å². The van der Waals surface area contributed by atoms with Gasteiger partial charge in [-0.25, -0.2) is 13.1 Å². The summed E-state index contributed by atoms with van der Waals surface area (Å²) in [7, 11) is -3.40. The lowest BCUT2D eigenvalue weighted by Crippen LogP contribution is -2.58. The molecule has 2 N–H and O–H groups in total. The van der Waals surface area contributed by atoms with E-state index in [-0.39, 0.29) is 12.1 Å². The third kappa shape index (κ3) is 4.55. The van der Waals surface area contributed by atoms with Crippen molar-refractivity contribution in [3.05, 3.63) is 30.3 Å². The van der Waals surface area contributed by atoms with Crippen molar-refractivity contribution in [2.75, 3.05) is 0 Å². The van der Waals surface area contributed by atoms with E-state index in [1.54, 1.807) is 24.3 Å². The first-order valence-electron chi connectivity index (χ1n) is 8.98. The van der Waals surface area contributed by atoms with Crippen LogP contribution >= 0.6 is 0 Å². The minimum absolute atomic E-state index is 0.0330. The van der Waals surface area contributed by atoms with Crippen LogP contribution in [0.2, 0.25) is 0 Å². The third-order valence-corrected chi connectivity index (χ3v) is 6.70. The zero-order chi connectivity index (χ0) is 16.1. The fourth-order valence-corrected chi connectivity index (χ4v) is 4.97. The van der Waals surface area contributed by atoms with E-state index < -0.39 is 10.0 Å². The molecular formula is C18H28N2O2S. The van der Waals surface area contributed by atoms with Crippen LogP contribution in [0.3, 0.4) is 0 Å². The molecule has 2 atom stereocenters. The highest BCUT2D eigenvalue weighted by atomic mass is 32.2. The summed E-state index contributed by atoms with van der Waals surface area (Å²) in [4.78, 5) is 0.358. The minimum Gasteiger partial charge on any atom is -0.310 e. The summed E-state index contributed by atoms with van der Waals surface area (Å²) in [5.74, 6) is 0. The van der Waals surface area contributed by atoms with Gasteiger partial charge in [0.1, 0.15) is 0 Å². The van der Waals surface area contributed by atoms with E-state index in [4.69, 9.17) is 0 Å². The van der Waals surface area contributed by atoms with Gasteiger partial charge in [0.2, 0.25) is 10.0 Å².